The van der Waals surface area contributed by atoms with Crippen LogP contribution in [0.25, 0.3) is 6.08 Å². The Bertz CT molecular complexity index is 844. The van der Waals surface area contributed by atoms with E-state index in [9.17, 15) is 18.0 Å². The zero-order chi connectivity index (χ0) is 19.0. The second kappa shape index (κ2) is 8.77. The number of ether oxygens (including phenoxy) is 1. The molecule has 134 valence electrons. The smallest absolute Gasteiger partial charge is 0.416 e. The van der Waals surface area contributed by atoms with Crippen LogP contribution < -0.4 is 10.1 Å². The number of hydrogen-bond donors (Lipinski definition) is 1. The molecule has 0 unspecified atom stereocenters. The van der Waals surface area contributed by atoms with E-state index in [0.717, 1.165) is 17.7 Å². The molecular formula is C20H16F3NO2. The van der Waals surface area contributed by atoms with E-state index < -0.39 is 11.7 Å². The van der Waals surface area contributed by atoms with Crippen LogP contribution in [0, 0.1) is 11.8 Å². The van der Waals surface area contributed by atoms with Crippen LogP contribution in [0.5, 0.6) is 5.75 Å². The van der Waals surface area contributed by atoms with Gasteiger partial charge in [0, 0.05) is 11.6 Å². The summed E-state index contributed by atoms with van der Waals surface area (Å²) in [5, 5.41) is 2.58. The molecule has 0 spiro atoms. The third-order valence-electron chi connectivity index (χ3n) is 3.32. The normalized spacial score (nSPS) is 10.9. The van der Waals surface area contributed by atoms with E-state index in [1.807, 2.05) is 12.1 Å². The molecular weight excluding hydrogens is 343 g/mol. The molecule has 2 aromatic carbocycles. The number of nitrogens with one attached hydrogen (secondary N) is 1. The van der Waals surface area contributed by atoms with Crippen LogP contribution in [0.1, 0.15) is 16.7 Å². The van der Waals surface area contributed by atoms with Crippen LogP contribution in [0.4, 0.5) is 13.2 Å². The van der Waals surface area contributed by atoms with Crippen molar-refractivity contribution in [2.75, 3.05) is 13.7 Å². The van der Waals surface area contributed by atoms with E-state index >= 15 is 0 Å². The van der Waals surface area contributed by atoms with Crippen molar-refractivity contribution >= 4 is 12.0 Å². The van der Waals surface area contributed by atoms with E-state index in [1.165, 1.54) is 18.2 Å². The van der Waals surface area contributed by atoms with Gasteiger partial charge in [-0.25, -0.2) is 0 Å². The lowest BCUT2D eigenvalue weighted by Crippen LogP contribution is -2.20. The molecule has 2 rings (SSSR count). The Morgan fingerprint density at radius 1 is 1.19 bits per heavy atom. The van der Waals surface area contributed by atoms with Gasteiger partial charge in [-0.1, -0.05) is 24.0 Å². The Labute approximate surface area is 149 Å². The standard InChI is InChI=1S/C20H16F3NO2/c1-26-18-6-2-4-16(14-18)9-12-19(25)24-13-3-5-15-7-10-17(11-8-15)20(21,22)23/h2,4,6-12,14H,13H2,1H3,(H,24,25)/b12-9-. The summed E-state index contributed by atoms with van der Waals surface area (Å²) in [5.41, 5.74) is 0.536. The van der Waals surface area contributed by atoms with Crippen molar-refractivity contribution in [3.8, 4) is 17.6 Å². The summed E-state index contributed by atoms with van der Waals surface area (Å²) in [6, 6.07) is 11.8. The van der Waals surface area contributed by atoms with Crippen molar-refractivity contribution in [3.63, 3.8) is 0 Å². The highest BCUT2D eigenvalue weighted by atomic mass is 19.4. The summed E-state index contributed by atoms with van der Waals surface area (Å²) >= 11 is 0. The fourth-order valence-corrected chi connectivity index (χ4v) is 2.00. The minimum absolute atomic E-state index is 0.0856. The van der Waals surface area contributed by atoms with Crippen molar-refractivity contribution in [1.29, 1.82) is 0 Å². The molecule has 0 heterocycles. The summed E-state index contributed by atoms with van der Waals surface area (Å²) in [7, 11) is 1.56. The number of alkyl halides is 3. The number of rotatable bonds is 4. The Hall–Kier alpha value is -3.20. The maximum absolute atomic E-state index is 12.5. The van der Waals surface area contributed by atoms with Gasteiger partial charge in [0.1, 0.15) is 5.75 Å². The highest BCUT2D eigenvalue weighted by molar-refractivity contribution is 5.91. The minimum Gasteiger partial charge on any atom is -0.497 e. The molecule has 0 saturated carbocycles. The van der Waals surface area contributed by atoms with Crippen LogP contribution >= 0.6 is 0 Å². The molecule has 0 saturated heterocycles. The third kappa shape index (κ3) is 6.02. The summed E-state index contributed by atoms with van der Waals surface area (Å²) < 4.78 is 42.5. The lowest BCUT2D eigenvalue weighted by molar-refractivity contribution is -0.137. The first-order valence-electron chi connectivity index (χ1n) is 7.64. The maximum atomic E-state index is 12.5. The zero-order valence-corrected chi connectivity index (χ0v) is 13.9. The highest BCUT2D eigenvalue weighted by Crippen LogP contribution is 2.28. The molecule has 0 bridgehead atoms. The zero-order valence-electron chi connectivity index (χ0n) is 13.9. The Kier molecular flexibility index (Phi) is 6.45. The molecule has 0 radical (unpaired) electrons. The largest absolute Gasteiger partial charge is 0.497 e. The number of carbonyl (C=O) groups is 1. The summed E-state index contributed by atoms with van der Waals surface area (Å²) in [4.78, 5) is 11.7. The predicted molar refractivity (Wildman–Crippen MR) is 93.4 cm³/mol. The third-order valence-corrected chi connectivity index (χ3v) is 3.32. The van der Waals surface area contributed by atoms with Gasteiger partial charge in [-0.2, -0.15) is 13.2 Å². The molecule has 0 atom stereocenters. The number of carbonyl (C=O) groups excluding carboxylic acids is 1. The Balaban J connectivity index is 1.85. The molecule has 26 heavy (non-hydrogen) atoms. The first-order valence-corrected chi connectivity index (χ1v) is 7.64. The first kappa shape index (κ1) is 19.1. The molecule has 6 heteroatoms. The van der Waals surface area contributed by atoms with Gasteiger partial charge in [-0.3, -0.25) is 4.79 Å². The number of halogens is 3. The van der Waals surface area contributed by atoms with Gasteiger partial charge < -0.3 is 10.1 Å². The van der Waals surface area contributed by atoms with E-state index in [2.05, 4.69) is 17.2 Å². The highest BCUT2D eigenvalue weighted by Gasteiger charge is 2.29. The Morgan fingerprint density at radius 3 is 2.58 bits per heavy atom. The van der Waals surface area contributed by atoms with Gasteiger partial charge >= 0.3 is 6.18 Å². The number of methoxy groups -OCH3 is 1. The van der Waals surface area contributed by atoms with Crippen molar-refractivity contribution in [1.82, 2.24) is 5.32 Å². The molecule has 0 aromatic heterocycles. The number of hydrogen-bond acceptors (Lipinski definition) is 2. The van der Waals surface area contributed by atoms with E-state index in [0.29, 0.717) is 11.3 Å². The average Bonchev–Trinajstić information content (AvgIpc) is 2.63. The quantitative estimate of drug-likeness (QED) is 0.664. The molecule has 1 N–H and O–H groups in total. The van der Waals surface area contributed by atoms with Crippen LogP contribution in [-0.2, 0) is 11.0 Å². The summed E-state index contributed by atoms with van der Waals surface area (Å²) in [6.45, 7) is 0.0856. The predicted octanol–water partition coefficient (Wildman–Crippen LogP) is 3.90. The first-order chi connectivity index (χ1) is 12.4. The molecule has 0 aliphatic rings. The van der Waals surface area contributed by atoms with Gasteiger partial charge in [-0.05, 0) is 48.0 Å². The van der Waals surface area contributed by atoms with Crippen molar-refractivity contribution in [2.24, 2.45) is 0 Å². The molecule has 0 aliphatic heterocycles. The number of benzene rings is 2. The van der Waals surface area contributed by atoms with Crippen LogP contribution in [0.3, 0.4) is 0 Å². The van der Waals surface area contributed by atoms with Crippen LogP contribution in [0.2, 0.25) is 0 Å². The Morgan fingerprint density at radius 2 is 1.92 bits per heavy atom. The van der Waals surface area contributed by atoms with Gasteiger partial charge in [0.15, 0.2) is 0 Å². The topological polar surface area (TPSA) is 38.3 Å². The maximum Gasteiger partial charge on any atom is 0.416 e. The average molecular weight is 359 g/mol. The minimum atomic E-state index is -4.37. The van der Waals surface area contributed by atoms with E-state index in [4.69, 9.17) is 4.74 Å². The van der Waals surface area contributed by atoms with Crippen molar-refractivity contribution < 1.29 is 22.7 Å². The SMILES string of the molecule is COc1cccc(/C=C\C(=O)NCC#Cc2ccc(C(F)(F)F)cc2)c1. The molecule has 1 amide bonds. The fraction of sp³-hybridized carbons (Fsp3) is 0.150. The van der Waals surface area contributed by atoms with Crippen LogP contribution in [0.15, 0.2) is 54.6 Å². The van der Waals surface area contributed by atoms with Gasteiger partial charge in [0.2, 0.25) is 5.91 Å². The molecule has 0 fully saturated rings. The van der Waals surface area contributed by atoms with Gasteiger partial charge in [0.05, 0.1) is 19.2 Å². The lowest BCUT2D eigenvalue weighted by atomic mass is 10.1. The monoisotopic (exact) mass is 359 g/mol. The molecule has 0 aliphatic carbocycles. The van der Waals surface area contributed by atoms with E-state index in [-0.39, 0.29) is 12.5 Å². The van der Waals surface area contributed by atoms with Gasteiger partial charge in [0.25, 0.3) is 0 Å². The second-order valence-corrected chi connectivity index (χ2v) is 5.20. The second-order valence-electron chi connectivity index (χ2n) is 5.20. The summed E-state index contributed by atoms with van der Waals surface area (Å²) in [5.74, 6) is 5.75. The van der Waals surface area contributed by atoms with Crippen LogP contribution in [-0.4, -0.2) is 19.6 Å². The number of amides is 1. The van der Waals surface area contributed by atoms with Crippen molar-refractivity contribution in [2.45, 2.75) is 6.18 Å². The van der Waals surface area contributed by atoms with Gasteiger partial charge in [-0.15, -0.1) is 0 Å². The lowest BCUT2D eigenvalue weighted by Gasteiger charge is -2.05. The fourth-order valence-electron chi connectivity index (χ4n) is 2.00. The summed E-state index contributed by atoms with van der Waals surface area (Å²) in [6.07, 6.45) is -1.36. The molecule has 3 nitrogen and oxygen atoms in total. The van der Waals surface area contributed by atoms with E-state index in [1.54, 1.807) is 25.3 Å². The molecule has 2 aromatic rings. The van der Waals surface area contributed by atoms with Crippen molar-refractivity contribution in [3.05, 3.63) is 71.3 Å².